The van der Waals surface area contributed by atoms with E-state index in [9.17, 15) is 4.79 Å². The molecule has 2 rings (SSSR count). The number of nitrogens with two attached hydrogens (primary N) is 1. The molecule has 122 valence electrons. The Balaban J connectivity index is 1.83. The molecule has 2 unspecified atom stereocenters. The van der Waals surface area contributed by atoms with Crippen molar-refractivity contribution in [3.63, 3.8) is 0 Å². The second-order valence-electron chi connectivity index (χ2n) is 7.30. The van der Waals surface area contributed by atoms with Gasteiger partial charge in [0, 0.05) is 25.0 Å². The number of nitrogens with one attached hydrogen (secondary N) is 1. The Morgan fingerprint density at radius 3 is 2.52 bits per heavy atom. The summed E-state index contributed by atoms with van der Waals surface area (Å²) < 4.78 is 5.68. The highest BCUT2D eigenvalue weighted by atomic mass is 16.5. The molecule has 2 aliphatic rings. The van der Waals surface area contributed by atoms with Crippen LogP contribution in [-0.4, -0.2) is 55.7 Å². The van der Waals surface area contributed by atoms with Crippen molar-refractivity contribution in [2.24, 2.45) is 17.1 Å². The van der Waals surface area contributed by atoms with Gasteiger partial charge >= 0.3 is 0 Å². The molecule has 0 aromatic heterocycles. The van der Waals surface area contributed by atoms with Crippen LogP contribution < -0.4 is 11.1 Å². The molecule has 1 saturated carbocycles. The Morgan fingerprint density at radius 2 is 2.00 bits per heavy atom. The monoisotopic (exact) mass is 297 g/mol. The van der Waals surface area contributed by atoms with E-state index >= 15 is 0 Å². The second-order valence-corrected chi connectivity index (χ2v) is 7.30. The molecule has 5 nitrogen and oxygen atoms in total. The third-order valence-electron chi connectivity index (χ3n) is 5.62. The predicted octanol–water partition coefficient (Wildman–Crippen LogP) is 0.977. The normalized spacial score (nSPS) is 33.5. The zero-order chi connectivity index (χ0) is 15.7. The van der Waals surface area contributed by atoms with E-state index < -0.39 is 5.54 Å². The SMILES string of the molecule is CCOC1CC(N)(C(=O)NCC2CCN(C)CC2)C1(C)C. The van der Waals surface area contributed by atoms with Crippen molar-refractivity contribution < 1.29 is 9.53 Å². The van der Waals surface area contributed by atoms with Gasteiger partial charge in [-0.05, 0) is 45.8 Å². The summed E-state index contributed by atoms with van der Waals surface area (Å²) in [5.74, 6) is 0.571. The highest BCUT2D eigenvalue weighted by Crippen LogP contribution is 2.49. The van der Waals surface area contributed by atoms with Crippen LogP contribution in [0.2, 0.25) is 0 Å². The molecule has 0 aromatic carbocycles. The van der Waals surface area contributed by atoms with Crippen LogP contribution in [0, 0.1) is 11.3 Å². The van der Waals surface area contributed by atoms with Crippen LogP contribution in [-0.2, 0) is 9.53 Å². The number of amides is 1. The van der Waals surface area contributed by atoms with Crippen molar-refractivity contribution in [3.8, 4) is 0 Å². The lowest BCUT2D eigenvalue weighted by molar-refractivity contribution is -0.170. The van der Waals surface area contributed by atoms with E-state index in [2.05, 4.69) is 17.3 Å². The van der Waals surface area contributed by atoms with E-state index in [0.29, 0.717) is 18.9 Å². The number of hydrogen-bond acceptors (Lipinski definition) is 4. The predicted molar refractivity (Wildman–Crippen MR) is 84.0 cm³/mol. The number of nitrogens with zero attached hydrogens (tertiary/aromatic N) is 1. The van der Waals surface area contributed by atoms with Gasteiger partial charge in [0.1, 0.15) is 5.54 Å². The Morgan fingerprint density at radius 1 is 1.38 bits per heavy atom. The summed E-state index contributed by atoms with van der Waals surface area (Å²) in [5, 5.41) is 3.09. The van der Waals surface area contributed by atoms with E-state index in [4.69, 9.17) is 10.5 Å². The maximum Gasteiger partial charge on any atom is 0.240 e. The molecule has 5 heteroatoms. The maximum absolute atomic E-state index is 12.5. The van der Waals surface area contributed by atoms with Gasteiger partial charge in [0.25, 0.3) is 0 Å². The number of likely N-dealkylation sites (tertiary alicyclic amines) is 1. The molecule has 1 saturated heterocycles. The Hall–Kier alpha value is -0.650. The summed E-state index contributed by atoms with van der Waals surface area (Å²) in [6.07, 6.45) is 3.01. The maximum atomic E-state index is 12.5. The zero-order valence-corrected chi connectivity index (χ0v) is 13.9. The van der Waals surface area contributed by atoms with Crippen molar-refractivity contribution in [2.45, 2.75) is 51.7 Å². The van der Waals surface area contributed by atoms with E-state index in [-0.39, 0.29) is 17.4 Å². The topological polar surface area (TPSA) is 67.6 Å². The summed E-state index contributed by atoms with van der Waals surface area (Å²) in [4.78, 5) is 14.9. The van der Waals surface area contributed by atoms with Gasteiger partial charge in [0.05, 0.1) is 6.10 Å². The fourth-order valence-corrected chi connectivity index (χ4v) is 3.48. The standard InChI is InChI=1S/C16H31N3O2/c1-5-21-13-10-16(17,15(13,2)3)14(20)18-11-12-6-8-19(4)9-7-12/h12-13H,5-11,17H2,1-4H3,(H,18,20). The molecule has 2 atom stereocenters. The van der Waals surface area contributed by atoms with Crippen LogP contribution >= 0.6 is 0 Å². The van der Waals surface area contributed by atoms with Gasteiger partial charge in [-0.1, -0.05) is 13.8 Å². The largest absolute Gasteiger partial charge is 0.378 e. The molecule has 1 heterocycles. The Kier molecular flexibility index (Phi) is 4.96. The minimum Gasteiger partial charge on any atom is -0.378 e. The summed E-state index contributed by atoms with van der Waals surface area (Å²) in [6.45, 7) is 9.70. The quantitative estimate of drug-likeness (QED) is 0.794. The van der Waals surface area contributed by atoms with Crippen LogP contribution in [0.4, 0.5) is 0 Å². The van der Waals surface area contributed by atoms with Crippen molar-refractivity contribution >= 4 is 5.91 Å². The van der Waals surface area contributed by atoms with Crippen LogP contribution in [0.25, 0.3) is 0 Å². The third-order valence-corrected chi connectivity index (χ3v) is 5.62. The first-order chi connectivity index (χ1) is 9.81. The molecule has 0 aromatic rings. The average Bonchev–Trinajstić information content (AvgIpc) is 2.45. The first-order valence-corrected chi connectivity index (χ1v) is 8.18. The number of carbonyl (C=O) groups excluding carboxylic acids is 1. The van der Waals surface area contributed by atoms with Crippen molar-refractivity contribution in [1.82, 2.24) is 10.2 Å². The van der Waals surface area contributed by atoms with Gasteiger partial charge in [-0.2, -0.15) is 0 Å². The molecule has 0 spiro atoms. The van der Waals surface area contributed by atoms with E-state index in [1.807, 2.05) is 20.8 Å². The molecule has 0 bridgehead atoms. The molecular formula is C16H31N3O2. The van der Waals surface area contributed by atoms with Crippen LogP contribution in [0.3, 0.4) is 0 Å². The Bertz CT molecular complexity index is 378. The molecular weight excluding hydrogens is 266 g/mol. The highest BCUT2D eigenvalue weighted by molar-refractivity contribution is 5.88. The lowest BCUT2D eigenvalue weighted by Crippen LogP contribution is -2.75. The van der Waals surface area contributed by atoms with E-state index in [1.54, 1.807) is 0 Å². The van der Waals surface area contributed by atoms with E-state index in [1.165, 1.54) is 0 Å². The molecule has 1 aliphatic heterocycles. The number of ether oxygens (including phenoxy) is 1. The molecule has 21 heavy (non-hydrogen) atoms. The summed E-state index contributed by atoms with van der Waals surface area (Å²) in [7, 11) is 2.15. The third kappa shape index (κ3) is 3.10. The fraction of sp³-hybridized carbons (Fsp3) is 0.938. The summed E-state index contributed by atoms with van der Waals surface area (Å²) in [5.41, 5.74) is 5.28. The van der Waals surface area contributed by atoms with Crippen LogP contribution in [0.1, 0.15) is 40.0 Å². The number of piperidine rings is 1. The van der Waals surface area contributed by atoms with Gasteiger partial charge in [0.15, 0.2) is 0 Å². The number of rotatable bonds is 5. The van der Waals surface area contributed by atoms with Gasteiger partial charge in [0.2, 0.25) is 5.91 Å². The second kappa shape index (κ2) is 6.23. The summed E-state index contributed by atoms with van der Waals surface area (Å²) in [6, 6.07) is 0. The average molecular weight is 297 g/mol. The van der Waals surface area contributed by atoms with Gasteiger partial charge in [-0.25, -0.2) is 0 Å². The Labute approximate surface area is 128 Å². The fourth-order valence-electron chi connectivity index (χ4n) is 3.48. The van der Waals surface area contributed by atoms with Crippen molar-refractivity contribution in [1.29, 1.82) is 0 Å². The van der Waals surface area contributed by atoms with Crippen molar-refractivity contribution in [2.75, 3.05) is 33.3 Å². The molecule has 2 fully saturated rings. The smallest absolute Gasteiger partial charge is 0.240 e. The van der Waals surface area contributed by atoms with Gasteiger partial charge in [-0.15, -0.1) is 0 Å². The zero-order valence-electron chi connectivity index (χ0n) is 13.9. The minimum atomic E-state index is -0.793. The number of carbonyl (C=O) groups is 1. The van der Waals surface area contributed by atoms with E-state index in [0.717, 1.165) is 32.5 Å². The molecule has 1 aliphatic carbocycles. The minimum absolute atomic E-state index is 0.0117. The lowest BCUT2D eigenvalue weighted by atomic mass is 9.54. The lowest BCUT2D eigenvalue weighted by Gasteiger charge is -2.57. The number of hydrogen-bond donors (Lipinski definition) is 2. The molecule has 0 radical (unpaired) electrons. The molecule has 1 amide bonds. The van der Waals surface area contributed by atoms with Crippen LogP contribution in [0.15, 0.2) is 0 Å². The van der Waals surface area contributed by atoms with Crippen LogP contribution in [0.5, 0.6) is 0 Å². The molecule has 3 N–H and O–H groups in total. The van der Waals surface area contributed by atoms with Crippen molar-refractivity contribution in [3.05, 3.63) is 0 Å². The van der Waals surface area contributed by atoms with Gasteiger partial charge in [-0.3, -0.25) is 4.79 Å². The first-order valence-electron chi connectivity index (χ1n) is 8.18. The highest BCUT2D eigenvalue weighted by Gasteiger charge is 2.62. The van der Waals surface area contributed by atoms with Gasteiger partial charge < -0.3 is 20.7 Å². The first kappa shape index (κ1) is 16.7. The summed E-state index contributed by atoms with van der Waals surface area (Å²) >= 11 is 0.